The Kier molecular flexibility index (Phi) is 5.61. The van der Waals surface area contributed by atoms with Crippen molar-refractivity contribution < 1.29 is 4.79 Å². The number of benzene rings is 2. The summed E-state index contributed by atoms with van der Waals surface area (Å²) in [4.78, 5) is 37.4. The molecular formula is C23H25N5O2. The quantitative estimate of drug-likeness (QED) is 0.493. The Morgan fingerprint density at radius 1 is 1.10 bits per heavy atom. The van der Waals surface area contributed by atoms with E-state index >= 15 is 0 Å². The number of aromatic nitrogens is 4. The van der Waals surface area contributed by atoms with Crippen LogP contribution in [0.4, 0.5) is 0 Å². The first-order valence-corrected chi connectivity index (χ1v) is 10.2. The van der Waals surface area contributed by atoms with Crippen LogP contribution in [0, 0.1) is 5.92 Å². The van der Waals surface area contributed by atoms with Gasteiger partial charge in [-0.25, -0.2) is 9.97 Å². The summed E-state index contributed by atoms with van der Waals surface area (Å²) < 4.78 is 1.56. The molecule has 7 nitrogen and oxygen atoms in total. The first-order chi connectivity index (χ1) is 14.5. The van der Waals surface area contributed by atoms with Gasteiger partial charge in [0.1, 0.15) is 5.82 Å². The highest BCUT2D eigenvalue weighted by Gasteiger charge is 2.21. The van der Waals surface area contributed by atoms with Crippen molar-refractivity contribution >= 4 is 27.8 Å². The van der Waals surface area contributed by atoms with Crippen molar-refractivity contribution in [2.75, 3.05) is 0 Å². The minimum absolute atomic E-state index is 0.0593. The molecule has 0 bridgehead atoms. The van der Waals surface area contributed by atoms with Gasteiger partial charge in [0, 0.05) is 13.0 Å². The number of H-pyrrole nitrogens is 1. The van der Waals surface area contributed by atoms with Crippen molar-refractivity contribution in [2.45, 2.75) is 39.3 Å². The van der Waals surface area contributed by atoms with E-state index < -0.39 is 0 Å². The SMILES string of the molecule is CC(C)[C@@H](NC(=O)CCCn1cnc2ccccc2c1=O)c1nc2ccccc2[nH]1. The Morgan fingerprint density at radius 2 is 1.83 bits per heavy atom. The lowest BCUT2D eigenvalue weighted by Crippen LogP contribution is -2.32. The van der Waals surface area contributed by atoms with Crippen molar-refractivity contribution in [1.82, 2.24) is 24.8 Å². The fourth-order valence-electron chi connectivity index (χ4n) is 3.59. The molecule has 154 valence electrons. The molecule has 0 radical (unpaired) electrons. The number of para-hydroxylation sites is 3. The summed E-state index contributed by atoms with van der Waals surface area (Å²) in [6.07, 6.45) is 2.42. The second kappa shape index (κ2) is 8.49. The van der Waals surface area contributed by atoms with Crippen LogP contribution in [0.3, 0.4) is 0 Å². The maximum atomic E-state index is 12.6. The van der Waals surface area contributed by atoms with E-state index in [9.17, 15) is 9.59 Å². The third-order valence-electron chi connectivity index (χ3n) is 5.22. The van der Waals surface area contributed by atoms with Crippen LogP contribution in [0.1, 0.15) is 38.6 Å². The molecule has 0 unspecified atom stereocenters. The smallest absolute Gasteiger partial charge is 0.261 e. The number of rotatable bonds is 7. The number of fused-ring (bicyclic) bond motifs is 2. The maximum absolute atomic E-state index is 12.6. The minimum Gasteiger partial charge on any atom is -0.346 e. The van der Waals surface area contributed by atoms with E-state index in [0.717, 1.165) is 16.9 Å². The first kappa shape index (κ1) is 19.8. The van der Waals surface area contributed by atoms with Crippen molar-refractivity contribution in [3.05, 3.63) is 71.0 Å². The predicted molar refractivity (Wildman–Crippen MR) is 117 cm³/mol. The summed E-state index contributed by atoms with van der Waals surface area (Å²) in [5, 5.41) is 3.68. The highest BCUT2D eigenvalue weighted by Crippen LogP contribution is 2.22. The summed E-state index contributed by atoms with van der Waals surface area (Å²) in [5.74, 6) is 0.882. The number of aryl methyl sites for hydroxylation is 1. The summed E-state index contributed by atoms with van der Waals surface area (Å²) in [6, 6.07) is 14.9. The Morgan fingerprint density at radius 3 is 2.60 bits per heavy atom. The van der Waals surface area contributed by atoms with Gasteiger partial charge in [-0.15, -0.1) is 0 Å². The molecule has 4 rings (SSSR count). The molecule has 2 aromatic carbocycles. The molecule has 0 spiro atoms. The molecule has 7 heteroatoms. The van der Waals surface area contributed by atoms with Crippen LogP contribution in [0.25, 0.3) is 21.9 Å². The summed E-state index contributed by atoms with van der Waals surface area (Å²) >= 11 is 0. The number of aromatic amines is 1. The van der Waals surface area contributed by atoms with Gasteiger partial charge in [-0.1, -0.05) is 38.1 Å². The van der Waals surface area contributed by atoms with E-state index in [1.54, 1.807) is 17.0 Å². The Bertz CT molecular complexity index is 1210. The number of nitrogens with zero attached hydrogens (tertiary/aromatic N) is 3. The van der Waals surface area contributed by atoms with Gasteiger partial charge in [0.05, 0.1) is 34.3 Å². The van der Waals surface area contributed by atoms with Gasteiger partial charge >= 0.3 is 0 Å². The standard InChI is InChI=1S/C23H25N5O2/c1-15(2)21(22-25-18-10-5-6-11-19(18)26-22)27-20(29)12-7-13-28-14-24-17-9-4-3-8-16(17)23(28)30/h3-6,8-11,14-15,21H,7,12-13H2,1-2H3,(H,25,26)(H,27,29)/t21-/m1/s1. The Hall–Kier alpha value is -3.48. The van der Waals surface area contributed by atoms with E-state index in [2.05, 4.69) is 34.1 Å². The second-order valence-electron chi connectivity index (χ2n) is 7.79. The van der Waals surface area contributed by atoms with Crippen LogP contribution in [-0.2, 0) is 11.3 Å². The number of nitrogens with one attached hydrogen (secondary N) is 2. The Labute approximate surface area is 174 Å². The van der Waals surface area contributed by atoms with Gasteiger partial charge in [-0.2, -0.15) is 0 Å². The lowest BCUT2D eigenvalue weighted by Gasteiger charge is -2.20. The van der Waals surface area contributed by atoms with Gasteiger partial charge in [-0.05, 0) is 36.6 Å². The number of hydrogen-bond acceptors (Lipinski definition) is 4. The lowest BCUT2D eigenvalue weighted by molar-refractivity contribution is -0.122. The van der Waals surface area contributed by atoms with Crippen molar-refractivity contribution in [3.63, 3.8) is 0 Å². The number of hydrogen-bond donors (Lipinski definition) is 2. The molecule has 2 N–H and O–H groups in total. The van der Waals surface area contributed by atoms with Crippen LogP contribution in [0.5, 0.6) is 0 Å². The Balaban J connectivity index is 1.40. The van der Waals surface area contributed by atoms with Crippen LogP contribution in [0.2, 0.25) is 0 Å². The third kappa shape index (κ3) is 4.10. The average Bonchev–Trinajstić information content (AvgIpc) is 3.17. The van der Waals surface area contributed by atoms with Gasteiger partial charge in [0.25, 0.3) is 5.56 Å². The molecule has 2 aromatic heterocycles. The molecule has 0 aliphatic heterocycles. The molecule has 0 aliphatic rings. The van der Waals surface area contributed by atoms with Crippen molar-refractivity contribution in [2.24, 2.45) is 5.92 Å². The number of carbonyl (C=O) groups excluding carboxylic acids is 1. The third-order valence-corrected chi connectivity index (χ3v) is 5.22. The molecule has 0 saturated carbocycles. The number of carbonyl (C=O) groups is 1. The zero-order valence-corrected chi connectivity index (χ0v) is 17.1. The highest BCUT2D eigenvalue weighted by atomic mass is 16.1. The minimum atomic E-state index is -0.199. The van der Waals surface area contributed by atoms with Gasteiger partial charge < -0.3 is 10.3 Å². The zero-order chi connectivity index (χ0) is 21.1. The van der Waals surface area contributed by atoms with Crippen LogP contribution < -0.4 is 10.9 Å². The molecule has 0 aliphatic carbocycles. The zero-order valence-electron chi connectivity index (χ0n) is 17.1. The molecule has 4 aromatic rings. The van der Waals surface area contributed by atoms with Gasteiger partial charge in [0.2, 0.25) is 5.91 Å². The number of amides is 1. The normalized spacial score (nSPS) is 12.5. The largest absolute Gasteiger partial charge is 0.346 e. The fourth-order valence-corrected chi connectivity index (χ4v) is 3.59. The molecule has 0 saturated heterocycles. The molecule has 2 heterocycles. The molecule has 1 amide bonds. The van der Waals surface area contributed by atoms with E-state index in [-0.39, 0.29) is 23.4 Å². The van der Waals surface area contributed by atoms with E-state index in [1.165, 1.54) is 0 Å². The molecule has 1 atom stereocenters. The van der Waals surface area contributed by atoms with Crippen LogP contribution >= 0.6 is 0 Å². The van der Waals surface area contributed by atoms with Crippen LogP contribution in [0.15, 0.2) is 59.7 Å². The molecule has 30 heavy (non-hydrogen) atoms. The van der Waals surface area contributed by atoms with E-state index in [4.69, 9.17) is 0 Å². The monoisotopic (exact) mass is 403 g/mol. The average molecular weight is 403 g/mol. The second-order valence-corrected chi connectivity index (χ2v) is 7.79. The van der Waals surface area contributed by atoms with Gasteiger partial charge in [-0.3, -0.25) is 14.2 Å². The molecule has 0 fully saturated rings. The topological polar surface area (TPSA) is 92.7 Å². The maximum Gasteiger partial charge on any atom is 0.261 e. The predicted octanol–water partition coefficient (Wildman–Crippen LogP) is 3.57. The summed E-state index contributed by atoms with van der Waals surface area (Å²) in [7, 11) is 0. The van der Waals surface area contributed by atoms with Crippen molar-refractivity contribution in [1.29, 1.82) is 0 Å². The van der Waals surface area contributed by atoms with Gasteiger partial charge in [0.15, 0.2) is 0 Å². The van der Waals surface area contributed by atoms with E-state index in [1.807, 2.05) is 42.5 Å². The summed E-state index contributed by atoms with van der Waals surface area (Å²) in [6.45, 7) is 4.55. The highest BCUT2D eigenvalue weighted by molar-refractivity contribution is 5.78. The molecular weight excluding hydrogens is 378 g/mol. The van der Waals surface area contributed by atoms with Crippen molar-refractivity contribution in [3.8, 4) is 0 Å². The summed E-state index contributed by atoms with van der Waals surface area (Å²) in [5.41, 5.74) is 2.44. The first-order valence-electron chi connectivity index (χ1n) is 10.2. The lowest BCUT2D eigenvalue weighted by atomic mass is 10.0. The fraction of sp³-hybridized carbons (Fsp3) is 0.304. The van der Waals surface area contributed by atoms with E-state index in [0.29, 0.717) is 30.3 Å². The number of imidazole rings is 1. The van der Waals surface area contributed by atoms with Crippen LogP contribution in [-0.4, -0.2) is 25.4 Å².